The summed E-state index contributed by atoms with van der Waals surface area (Å²) in [7, 11) is 1.32. The Morgan fingerprint density at radius 1 is 1.31 bits per heavy atom. The summed E-state index contributed by atoms with van der Waals surface area (Å²) in [4.78, 5) is 22.2. The Morgan fingerprint density at radius 2 is 1.85 bits per heavy atom. The van der Waals surface area contributed by atoms with E-state index >= 15 is 0 Å². The van der Waals surface area contributed by atoms with Crippen LogP contribution < -0.4 is 0 Å². The topological polar surface area (TPSA) is 43.4 Å². The Hall–Kier alpha value is -0.830. The van der Waals surface area contributed by atoms with Crippen LogP contribution in [0.1, 0.15) is 12.8 Å². The molecule has 13 heavy (non-hydrogen) atoms. The van der Waals surface area contributed by atoms with Gasteiger partial charge in [-0.1, -0.05) is 12.2 Å². The van der Waals surface area contributed by atoms with Crippen LogP contribution in [0.25, 0.3) is 0 Å². The van der Waals surface area contributed by atoms with E-state index < -0.39 is 17.1 Å². The van der Waals surface area contributed by atoms with Crippen LogP contribution in [0, 0.1) is 11.8 Å². The lowest BCUT2D eigenvalue weighted by Crippen LogP contribution is -2.29. The van der Waals surface area contributed by atoms with Crippen LogP contribution >= 0.6 is 11.6 Å². The Bertz CT molecular complexity index is 247. The highest BCUT2D eigenvalue weighted by Gasteiger charge is 2.33. The average Bonchev–Trinajstić information content (AvgIpc) is 2.16. The molecule has 1 aliphatic rings. The van der Waals surface area contributed by atoms with Gasteiger partial charge < -0.3 is 4.74 Å². The molecule has 0 aliphatic heterocycles. The highest BCUT2D eigenvalue weighted by molar-refractivity contribution is 6.64. The minimum Gasteiger partial charge on any atom is -0.469 e. The monoisotopic (exact) mass is 202 g/mol. The highest BCUT2D eigenvalue weighted by Crippen LogP contribution is 2.28. The molecule has 0 N–H and O–H groups in total. The molecular weight excluding hydrogens is 192 g/mol. The maximum atomic E-state index is 11.2. The molecule has 0 saturated carbocycles. The van der Waals surface area contributed by atoms with Crippen molar-refractivity contribution in [1.82, 2.24) is 0 Å². The summed E-state index contributed by atoms with van der Waals surface area (Å²) in [6.07, 6.45) is 4.81. The fraction of sp³-hybridized carbons (Fsp3) is 0.556. The van der Waals surface area contributed by atoms with Crippen molar-refractivity contribution in [3.8, 4) is 0 Å². The zero-order valence-corrected chi connectivity index (χ0v) is 8.08. The van der Waals surface area contributed by atoms with Gasteiger partial charge in [0.15, 0.2) is 0 Å². The van der Waals surface area contributed by atoms with Gasteiger partial charge in [0.2, 0.25) is 5.24 Å². The van der Waals surface area contributed by atoms with Crippen molar-refractivity contribution in [2.24, 2.45) is 11.8 Å². The van der Waals surface area contributed by atoms with Crippen molar-refractivity contribution in [1.29, 1.82) is 0 Å². The molecule has 0 amide bonds. The molecule has 0 aromatic heterocycles. The van der Waals surface area contributed by atoms with Gasteiger partial charge in [0, 0.05) is 0 Å². The van der Waals surface area contributed by atoms with Crippen LogP contribution in [0.2, 0.25) is 0 Å². The normalized spacial score (nSPS) is 26.9. The molecule has 0 bridgehead atoms. The van der Waals surface area contributed by atoms with E-state index in [2.05, 4.69) is 4.74 Å². The van der Waals surface area contributed by atoms with Gasteiger partial charge in [-0.2, -0.15) is 0 Å². The molecule has 1 rings (SSSR count). The highest BCUT2D eigenvalue weighted by atomic mass is 35.5. The summed E-state index contributed by atoms with van der Waals surface area (Å²) in [5.74, 6) is -1.18. The summed E-state index contributed by atoms with van der Waals surface area (Å²) in [6, 6.07) is 0. The zero-order chi connectivity index (χ0) is 9.84. The molecule has 0 radical (unpaired) electrons. The van der Waals surface area contributed by atoms with E-state index in [-0.39, 0.29) is 5.97 Å². The molecule has 0 heterocycles. The predicted octanol–water partition coefficient (Wildman–Crippen LogP) is 1.51. The first-order chi connectivity index (χ1) is 6.16. The molecule has 4 heteroatoms. The number of ether oxygens (including phenoxy) is 1. The van der Waals surface area contributed by atoms with Crippen molar-refractivity contribution in [3.63, 3.8) is 0 Å². The second kappa shape index (κ2) is 4.42. The molecular formula is C9H11ClO3. The number of allylic oxidation sites excluding steroid dienone is 2. The fourth-order valence-electron chi connectivity index (χ4n) is 1.48. The maximum absolute atomic E-state index is 11.2. The molecule has 72 valence electrons. The first kappa shape index (κ1) is 10.3. The lowest BCUT2D eigenvalue weighted by atomic mass is 9.84. The molecule has 0 saturated heterocycles. The van der Waals surface area contributed by atoms with E-state index in [1.54, 1.807) is 0 Å². The number of hydrogen-bond donors (Lipinski definition) is 0. The van der Waals surface area contributed by atoms with Crippen molar-refractivity contribution in [2.75, 3.05) is 7.11 Å². The lowest BCUT2D eigenvalue weighted by molar-refractivity contribution is -0.149. The molecule has 0 fully saturated rings. The van der Waals surface area contributed by atoms with Gasteiger partial charge in [-0.05, 0) is 24.4 Å². The van der Waals surface area contributed by atoms with Gasteiger partial charge in [-0.25, -0.2) is 0 Å². The largest absolute Gasteiger partial charge is 0.469 e. The van der Waals surface area contributed by atoms with E-state index in [4.69, 9.17) is 11.6 Å². The van der Waals surface area contributed by atoms with Crippen molar-refractivity contribution < 1.29 is 14.3 Å². The second-order valence-electron chi connectivity index (χ2n) is 2.98. The standard InChI is InChI=1S/C9H11ClO3/c1-13-9(12)7-5-3-2-4-6(7)8(10)11/h2-3,6-7H,4-5H2,1H3/t6-,7+/m1/s1. The van der Waals surface area contributed by atoms with Gasteiger partial charge in [-0.15, -0.1) is 0 Å². The summed E-state index contributed by atoms with van der Waals surface area (Å²) >= 11 is 5.37. The van der Waals surface area contributed by atoms with Gasteiger partial charge in [0.1, 0.15) is 0 Å². The summed E-state index contributed by atoms with van der Waals surface area (Å²) in [5, 5.41) is -0.459. The van der Waals surface area contributed by atoms with E-state index in [1.807, 2.05) is 12.2 Å². The Kier molecular flexibility index (Phi) is 3.48. The Balaban J connectivity index is 2.75. The number of rotatable bonds is 2. The third-order valence-corrected chi connectivity index (χ3v) is 2.51. The average molecular weight is 203 g/mol. The zero-order valence-electron chi connectivity index (χ0n) is 7.33. The number of halogens is 1. The SMILES string of the molecule is COC(=O)[C@H]1CC=CC[C@H]1C(=O)Cl. The van der Waals surface area contributed by atoms with Crippen LogP contribution in [-0.4, -0.2) is 18.3 Å². The van der Waals surface area contributed by atoms with Crippen molar-refractivity contribution >= 4 is 22.8 Å². The van der Waals surface area contributed by atoms with E-state index in [1.165, 1.54) is 7.11 Å². The number of carbonyl (C=O) groups is 2. The van der Waals surface area contributed by atoms with Crippen LogP contribution in [0.15, 0.2) is 12.2 Å². The minimum absolute atomic E-state index is 0.358. The molecule has 1 aliphatic carbocycles. The van der Waals surface area contributed by atoms with Gasteiger partial charge in [0.25, 0.3) is 0 Å². The molecule has 0 aromatic carbocycles. The maximum Gasteiger partial charge on any atom is 0.309 e. The number of carbonyl (C=O) groups excluding carboxylic acids is 2. The van der Waals surface area contributed by atoms with Crippen molar-refractivity contribution in [3.05, 3.63) is 12.2 Å². The van der Waals surface area contributed by atoms with Gasteiger partial charge in [-0.3, -0.25) is 9.59 Å². The third-order valence-electron chi connectivity index (χ3n) is 2.23. The summed E-state index contributed by atoms with van der Waals surface area (Å²) in [5.41, 5.74) is 0. The fourth-order valence-corrected chi connectivity index (χ4v) is 1.72. The second-order valence-corrected chi connectivity index (χ2v) is 3.36. The number of hydrogen-bond acceptors (Lipinski definition) is 3. The number of methoxy groups -OCH3 is 1. The molecule has 2 atom stereocenters. The predicted molar refractivity (Wildman–Crippen MR) is 48.2 cm³/mol. The van der Waals surface area contributed by atoms with E-state index in [9.17, 15) is 9.59 Å². The van der Waals surface area contributed by atoms with Crippen LogP contribution in [0.3, 0.4) is 0 Å². The first-order valence-electron chi connectivity index (χ1n) is 4.09. The third kappa shape index (κ3) is 2.31. The molecule has 3 nitrogen and oxygen atoms in total. The molecule has 0 spiro atoms. The molecule has 0 aromatic rings. The summed E-state index contributed by atoms with van der Waals surface area (Å²) < 4.78 is 4.59. The summed E-state index contributed by atoms with van der Waals surface area (Å²) in [6.45, 7) is 0. The van der Waals surface area contributed by atoms with Crippen LogP contribution in [0.5, 0.6) is 0 Å². The Labute approximate surface area is 81.7 Å². The van der Waals surface area contributed by atoms with E-state index in [0.717, 1.165) is 0 Å². The van der Waals surface area contributed by atoms with Gasteiger partial charge in [0.05, 0.1) is 18.9 Å². The lowest BCUT2D eigenvalue weighted by Gasteiger charge is -2.22. The van der Waals surface area contributed by atoms with Crippen LogP contribution in [-0.2, 0) is 14.3 Å². The van der Waals surface area contributed by atoms with Crippen LogP contribution in [0.4, 0.5) is 0 Å². The smallest absolute Gasteiger partial charge is 0.309 e. The molecule has 0 unspecified atom stereocenters. The minimum atomic E-state index is -0.459. The number of esters is 1. The van der Waals surface area contributed by atoms with Gasteiger partial charge >= 0.3 is 5.97 Å². The quantitative estimate of drug-likeness (QED) is 0.387. The van der Waals surface area contributed by atoms with Crippen molar-refractivity contribution in [2.45, 2.75) is 12.8 Å². The first-order valence-corrected chi connectivity index (χ1v) is 4.46. The Morgan fingerprint density at radius 3 is 2.31 bits per heavy atom. The van der Waals surface area contributed by atoms with E-state index in [0.29, 0.717) is 12.8 Å².